The molecule has 2 atom stereocenters. The molecule has 8 heteroatoms. The van der Waals surface area contributed by atoms with Crippen molar-refractivity contribution in [3.8, 4) is 11.6 Å². The number of anilines is 1. The average Bonchev–Trinajstić information content (AvgIpc) is 3.33. The van der Waals surface area contributed by atoms with E-state index in [4.69, 9.17) is 4.74 Å². The predicted molar refractivity (Wildman–Crippen MR) is 89.5 cm³/mol. The van der Waals surface area contributed by atoms with E-state index in [2.05, 4.69) is 48.7 Å². The van der Waals surface area contributed by atoms with Crippen LogP contribution in [0.4, 0.5) is 5.95 Å². The number of rotatable bonds is 5. The van der Waals surface area contributed by atoms with Crippen LogP contribution < -0.4 is 4.90 Å². The van der Waals surface area contributed by atoms with Gasteiger partial charge in [0, 0.05) is 32.8 Å². The molecule has 0 aromatic carbocycles. The van der Waals surface area contributed by atoms with E-state index in [9.17, 15) is 0 Å². The fraction of sp³-hybridized carbons (Fsp3) is 0.750. The van der Waals surface area contributed by atoms with Gasteiger partial charge in [-0.3, -0.25) is 9.67 Å². The molecule has 8 nitrogen and oxygen atoms in total. The number of nitrogens with one attached hydrogen (secondary N) is 1. The fourth-order valence-electron chi connectivity index (χ4n) is 3.83. The van der Waals surface area contributed by atoms with Gasteiger partial charge in [0.25, 0.3) is 0 Å². The number of ether oxygens (including phenoxy) is 1. The van der Waals surface area contributed by atoms with Gasteiger partial charge in [0.05, 0.1) is 0 Å². The van der Waals surface area contributed by atoms with Crippen LogP contribution in [0.2, 0.25) is 0 Å². The third-order valence-electron chi connectivity index (χ3n) is 5.04. The van der Waals surface area contributed by atoms with Gasteiger partial charge in [0.15, 0.2) is 5.82 Å². The molecular formula is C16H25N7O. The van der Waals surface area contributed by atoms with Crippen LogP contribution in [0, 0.1) is 17.8 Å². The highest BCUT2D eigenvalue weighted by Gasteiger charge is 2.34. The molecule has 2 aromatic rings. The second kappa shape index (κ2) is 6.51. The molecule has 2 aliphatic rings. The summed E-state index contributed by atoms with van der Waals surface area (Å²) in [5, 5.41) is 15.7. The lowest BCUT2D eigenvalue weighted by Crippen LogP contribution is -2.26. The van der Waals surface area contributed by atoms with E-state index in [-0.39, 0.29) is 0 Å². The molecule has 2 aliphatic heterocycles. The molecule has 2 saturated heterocycles. The van der Waals surface area contributed by atoms with Gasteiger partial charge in [-0.15, -0.1) is 10.2 Å². The minimum atomic E-state index is 0.503. The molecule has 24 heavy (non-hydrogen) atoms. The molecule has 0 bridgehead atoms. The smallest absolute Gasteiger partial charge is 0.227 e. The molecule has 4 heterocycles. The van der Waals surface area contributed by atoms with Crippen molar-refractivity contribution in [2.75, 3.05) is 31.2 Å². The quantitative estimate of drug-likeness (QED) is 0.895. The summed E-state index contributed by atoms with van der Waals surface area (Å²) >= 11 is 0. The Morgan fingerprint density at radius 3 is 2.92 bits per heavy atom. The van der Waals surface area contributed by atoms with Crippen molar-refractivity contribution in [1.29, 1.82) is 0 Å². The molecular weight excluding hydrogens is 306 g/mol. The van der Waals surface area contributed by atoms with Crippen LogP contribution in [-0.2, 0) is 11.3 Å². The average molecular weight is 331 g/mol. The topological polar surface area (TPSA) is 84.8 Å². The lowest BCUT2D eigenvalue weighted by molar-refractivity contribution is 0.174. The summed E-state index contributed by atoms with van der Waals surface area (Å²) in [6.45, 7) is 9.19. The van der Waals surface area contributed by atoms with Crippen molar-refractivity contribution in [1.82, 2.24) is 29.9 Å². The molecule has 4 rings (SSSR count). The van der Waals surface area contributed by atoms with E-state index in [0.717, 1.165) is 44.6 Å². The van der Waals surface area contributed by atoms with Crippen molar-refractivity contribution >= 4 is 5.95 Å². The summed E-state index contributed by atoms with van der Waals surface area (Å²) < 4.78 is 7.75. The Hall–Kier alpha value is -1.96. The Labute approximate surface area is 141 Å². The third kappa shape index (κ3) is 2.90. The van der Waals surface area contributed by atoms with E-state index in [1.165, 1.54) is 19.2 Å². The van der Waals surface area contributed by atoms with E-state index in [0.29, 0.717) is 23.6 Å². The molecule has 2 unspecified atom stereocenters. The number of hydrogen-bond acceptors (Lipinski definition) is 6. The van der Waals surface area contributed by atoms with Gasteiger partial charge in [-0.25, -0.2) is 4.98 Å². The first-order valence-electron chi connectivity index (χ1n) is 8.84. The molecule has 130 valence electrons. The summed E-state index contributed by atoms with van der Waals surface area (Å²) in [5.74, 6) is 4.30. The molecule has 2 fully saturated rings. The second-order valence-corrected chi connectivity index (χ2v) is 7.28. The fourth-order valence-corrected chi connectivity index (χ4v) is 3.83. The first-order chi connectivity index (χ1) is 11.7. The zero-order valence-corrected chi connectivity index (χ0v) is 14.4. The monoisotopic (exact) mass is 331 g/mol. The first kappa shape index (κ1) is 15.6. The van der Waals surface area contributed by atoms with Crippen LogP contribution in [0.25, 0.3) is 11.6 Å². The maximum absolute atomic E-state index is 5.57. The molecule has 0 radical (unpaired) electrons. The van der Waals surface area contributed by atoms with Gasteiger partial charge in [-0.1, -0.05) is 13.8 Å². The maximum atomic E-state index is 5.57. The normalized spacial score (nSPS) is 24.4. The van der Waals surface area contributed by atoms with Gasteiger partial charge < -0.3 is 9.64 Å². The Morgan fingerprint density at radius 2 is 2.21 bits per heavy atom. The lowest BCUT2D eigenvalue weighted by Gasteiger charge is -2.21. The SMILES string of the molecule is CC(C)Cn1c(-c2ncn[nH]2)nnc1N1CCC(C2CCOC2)C1. The Kier molecular flexibility index (Phi) is 4.22. The number of hydrogen-bond donors (Lipinski definition) is 1. The van der Waals surface area contributed by atoms with E-state index in [1.54, 1.807) is 0 Å². The predicted octanol–water partition coefficient (Wildman–Crippen LogP) is 1.58. The van der Waals surface area contributed by atoms with Gasteiger partial charge in [-0.2, -0.15) is 5.10 Å². The van der Waals surface area contributed by atoms with Crippen LogP contribution in [-0.4, -0.2) is 56.2 Å². The molecule has 1 N–H and O–H groups in total. The van der Waals surface area contributed by atoms with Crippen LogP contribution in [0.3, 0.4) is 0 Å². The Balaban J connectivity index is 1.58. The first-order valence-corrected chi connectivity index (χ1v) is 8.84. The number of nitrogens with zero attached hydrogens (tertiary/aromatic N) is 6. The van der Waals surface area contributed by atoms with Gasteiger partial charge in [0.2, 0.25) is 11.8 Å². The summed E-state index contributed by atoms with van der Waals surface area (Å²) in [4.78, 5) is 6.62. The van der Waals surface area contributed by atoms with Crippen molar-refractivity contribution in [2.45, 2.75) is 33.2 Å². The van der Waals surface area contributed by atoms with Crippen LogP contribution in [0.1, 0.15) is 26.7 Å². The van der Waals surface area contributed by atoms with E-state index < -0.39 is 0 Å². The molecule has 0 spiro atoms. The molecule has 0 saturated carbocycles. The zero-order chi connectivity index (χ0) is 16.5. The van der Waals surface area contributed by atoms with Crippen molar-refractivity contribution in [3.63, 3.8) is 0 Å². The largest absolute Gasteiger partial charge is 0.381 e. The van der Waals surface area contributed by atoms with Crippen LogP contribution in [0.15, 0.2) is 6.33 Å². The third-order valence-corrected chi connectivity index (χ3v) is 5.04. The molecule has 2 aromatic heterocycles. The Bertz CT molecular complexity index is 660. The summed E-state index contributed by atoms with van der Waals surface area (Å²) in [7, 11) is 0. The van der Waals surface area contributed by atoms with Gasteiger partial charge in [0.1, 0.15) is 6.33 Å². The second-order valence-electron chi connectivity index (χ2n) is 7.28. The van der Waals surface area contributed by atoms with E-state index in [1.807, 2.05) is 0 Å². The summed E-state index contributed by atoms with van der Waals surface area (Å²) in [6.07, 6.45) is 3.91. The standard InChI is InChI=1S/C16H25N7O/c1-11(2)7-23-15(14-17-10-18-19-14)20-21-16(23)22-5-3-12(8-22)13-4-6-24-9-13/h10-13H,3-9H2,1-2H3,(H,17,18,19). The van der Waals surface area contributed by atoms with Gasteiger partial charge >= 0.3 is 0 Å². The minimum Gasteiger partial charge on any atom is -0.381 e. The maximum Gasteiger partial charge on any atom is 0.227 e. The highest BCUT2D eigenvalue weighted by molar-refractivity contribution is 5.48. The van der Waals surface area contributed by atoms with E-state index >= 15 is 0 Å². The van der Waals surface area contributed by atoms with Crippen molar-refractivity contribution in [2.24, 2.45) is 17.8 Å². The van der Waals surface area contributed by atoms with Crippen molar-refractivity contribution < 1.29 is 4.74 Å². The number of aromatic nitrogens is 6. The minimum absolute atomic E-state index is 0.503. The summed E-state index contributed by atoms with van der Waals surface area (Å²) in [5.41, 5.74) is 0. The summed E-state index contributed by atoms with van der Waals surface area (Å²) in [6, 6.07) is 0. The number of H-pyrrole nitrogens is 1. The lowest BCUT2D eigenvalue weighted by atomic mass is 9.91. The highest BCUT2D eigenvalue weighted by Crippen LogP contribution is 2.33. The Morgan fingerprint density at radius 1 is 1.29 bits per heavy atom. The highest BCUT2D eigenvalue weighted by atomic mass is 16.5. The van der Waals surface area contributed by atoms with Crippen LogP contribution in [0.5, 0.6) is 0 Å². The van der Waals surface area contributed by atoms with Crippen LogP contribution >= 0.6 is 0 Å². The molecule has 0 amide bonds. The number of aromatic amines is 1. The van der Waals surface area contributed by atoms with Gasteiger partial charge in [-0.05, 0) is 30.6 Å². The molecule has 0 aliphatic carbocycles. The van der Waals surface area contributed by atoms with Crippen molar-refractivity contribution in [3.05, 3.63) is 6.33 Å². The zero-order valence-electron chi connectivity index (χ0n) is 14.4.